The summed E-state index contributed by atoms with van der Waals surface area (Å²) in [6.45, 7) is 5.92. The SMILES string of the molecule is CCCCN(CCCC)C(=O)C1(C#N)CCCCC1. The molecule has 3 heteroatoms. The van der Waals surface area contributed by atoms with Crippen molar-refractivity contribution in [1.82, 2.24) is 4.90 Å². The van der Waals surface area contributed by atoms with Gasteiger partial charge in [-0.15, -0.1) is 0 Å². The summed E-state index contributed by atoms with van der Waals surface area (Å²) in [5.41, 5.74) is -0.709. The molecule has 0 radical (unpaired) electrons. The van der Waals surface area contributed by atoms with E-state index in [0.717, 1.165) is 64.5 Å². The lowest BCUT2D eigenvalue weighted by molar-refractivity contribution is -0.140. The number of hydrogen-bond donors (Lipinski definition) is 0. The van der Waals surface area contributed by atoms with E-state index in [2.05, 4.69) is 19.9 Å². The van der Waals surface area contributed by atoms with E-state index in [-0.39, 0.29) is 5.91 Å². The second-order valence-electron chi connectivity index (χ2n) is 5.75. The van der Waals surface area contributed by atoms with Gasteiger partial charge in [0.05, 0.1) is 6.07 Å². The van der Waals surface area contributed by atoms with Crippen molar-refractivity contribution in [1.29, 1.82) is 5.26 Å². The third-order valence-corrected chi connectivity index (χ3v) is 4.18. The van der Waals surface area contributed by atoms with E-state index in [4.69, 9.17) is 0 Å². The van der Waals surface area contributed by atoms with Crippen LogP contribution in [0, 0.1) is 16.7 Å². The van der Waals surface area contributed by atoms with Crippen molar-refractivity contribution in [2.75, 3.05) is 13.1 Å². The molecule has 0 aromatic carbocycles. The maximum absolute atomic E-state index is 12.8. The van der Waals surface area contributed by atoms with Crippen LogP contribution in [0.2, 0.25) is 0 Å². The Hall–Kier alpha value is -1.04. The van der Waals surface area contributed by atoms with Crippen LogP contribution in [-0.2, 0) is 4.79 Å². The first-order valence-electron chi connectivity index (χ1n) is 7.91. The normalized spacial score (nSPS) is 17.7. The predicted octanol–water partition coefficient (Wildman–Crippen LogP) is 3.89. The van der Waals surface area contributed by atoms with Crippen LogP contribution in [0.25, 0.3) is 0 Å². The maximum atomic E-state index is 12.8. The highest BCUT2D eigenvalue weighted by molar-refractivity contribution is 5.85. The monoisotopic (exact) mass is 264 g/mol. The largest absolute Gasteiger partial charge is 0.341 e. The zero-order valence-electron chi connectivity index (χ0n) is 12.6. The highest BCUT2D eigenvalue weighted by atomic mass is 16.2. The second kappa shape index (κ2) is 8.19. The Morgan fingerprint density at radius 3 is 2.05 bits per heavy atom. The summed E-state index contributed by atoms with van der Waals surface area (Å²) in [6.07, 6.45) is 9.00. The Morgan fingerprint density at radius 2 is 1.63 bits per heavy atom. The smallest absolute Gasteiger partial charge is 0.243 e. The van der Waals surface area contributed by atoms with Crippen molar-refractivity contribution < 1.29 is 4.79 Å². The Kier molecular flexibility index (Phi) is 6.91. The molecule has 1 rings (SSSR count). The number of rotatable bonds is 7. The van der Waals surface area contributed by atoms with Gasteiger partial charge in [-0.05, 0) is 25.7 Å². The van der Waals surface area contributed by atoms with Crippen molar-refractivity contribution in [3.05, 3.63) is 0 Å². The van der Waals surface area contributed by atoms with E-state index >= 15 is 0 Å². The van der Waals surface area contributed by atoms with Crippen molar-refractivity contribution in [2.24, 2.45) is 5.41 Å². The molecular formula is C16H28N2O. The van der Waals surface area contributed by atoms with E-state index in [1.165, 1.54) is 6.42 Å². The molecule has 0 unspecified atom stereocenters. The van der Waals surface area contributed by atoms with E-state index in [0.29, 0.717) is 0 Å². The van der Waals surface area contributed by atoms with Crippen molar-refractivity contribution in [3.63, 3.8) is 0 Å². The van der Waals surface area contributed by atoms with Gasteiger partial charge < -0.3 is 4.90 Å². The average Bonchev–Trinajstić information content (AvgIpc) is 2.47. The number of hydrogen-bond acceptors (Lipinski definition) is 2. The van der Waals surface area contributed by atoms with Crippen molar-refractivity contribution in [2.45, 2.75) is 71.6 Å². The molecule has 1 saturated carbocycles. The first-order valence-corrected chi connectivity index (χ1v) is 7.91. The summed E-state index contributed by atoms with van der Waals surface area (Å²) < 4.78 is 0. The van der Waals surface area contributed by atoms with Gasteiger partial charge in [0.1, 0.15) is 5.41 Å². The number of nitrogens with zero attached hydrogens (tertiary/aromatic N) is 2. The standard InChI is InChI=1S/C16H28N2O/c1-3-5-12-18(13-6-4-2)15(19)16(14-17)10-8-7-9-11-16/h3-13H2,1-2H3. The Labute approximate surface area is 118 Å². The van der Waals surface area contributed by atoms with E-state index in [1.807, 2.05) is 4.90 Å². The highest BCUT2D eigenvalue weighted by Crippen LogP contribution is 2.37. The molecule has 0 aromatic rings. The van der Waals surface area contributed by atoms with Gasteiger partial charge in [0.25, 0.3) is 0 Å². The molecule has 19 heavy (non-hydrogen) atoms. The fraction of sp³-hybridized carbons (Fsp3) is 0.875. The summed E-state index contributed by atoms with van der Waals surface area (Å²) in [4.78, 5) is 14.7. The first kappa shape index (κ1) is 16.0. The van der Waals surface area contributed by atoms with Crippen LogP contribution in [-0.4, -0.2) is 23.9 Å². The Balaban J connectivity index is 2.74. The molecule has 0 N–H and O–H groups in total. The van der Waals surface area contributed by atoms with Gasteiger partial charge in [-0.2, -0.15) is 5.26 Å². The van der Waals surface area contributed by atoms with Crippen LogP contribution in [0.4, 0.5) is 0 Å². The predicted molar refractivity (Wildman–Crippen MR) is 77.5 cm³/mol. The van der Waals surface area contributed by atoms with Crippen LogP contribution in [0.15, 0.2) is 0 Å². The summed E-state index contributed by atoms with van der Waals surface area (Å²) in [7, 11) is 0. The molecule has 1 aliphatic carbocycles. The molecule has 1 fully saturated rings. The molecule has 108 valence electrons. The molecule has 0 aromatic heterocycles. The number of carbonyl (C=O) groups is 1. The van der Waals surface area contributed by atoms with Gasteiger partial charge in [0.2, 0.25) is 5.91 Å². The molecule has 0 bridgehead atoms. The summed E-state index contributed by atoms with van der Waals surface area (Å²) in [6, 6.07) is 2.36. The Morgan fingerprint density at radius 1 is 1.11 bits per heavy atom. The van der Waals surface area contributed by atoms with Gasteiger partial charge in [-0.3, -0.25) is 4.79 Å². The van der Waals surface area contributed by atoms with Gasteiger partial charge >= 0.3 is 0 Å². The van der Waals surface area contributed by atoms with Crippen LogP contribution in [0.1, 0.15) is 71.6 Å². The molecule has 3 nitrogen and oxygen atoms in total. The van der Waals surface area contributed by atoms with E-state index in [1.54, 1.807) is 0 Å². The summed E-state index contributed by atoms with van der Waals surface area (Å²) in [5, 5.41) is 9.51. The fourth-order valence-electron chi connectivity index (χ4n) is 2.84. The molecule has 1 amide bonds. The summed E-state index contributed by atoms with van der Waals surface area (Å²) in [5.74, 6) is 0.108. The maximum Gasteiger partial charge on any atom is 0.243 e. The topological polar surface area (TPSA) is 44.1 Å². The van der Waals surface area contributed by atoms with Gasteiger partial charge in [-0.25, -0.2) is 0 Å². The quantitative estimate of drug-likeness (QED) is 0.700. The average molecular weight is 264 g/mol. The minimum absolute atomic E-state index is 0.108. The summed E-state index contributed by atoms with van der Waals surface area (Å²) >= 11 is 0. The van der Waals surface area contributed by atoms with Crippen LogP contribution in [0.5, 0.6) is 0 Å². The minimum atomic E-state index is -0.709. The lowest BCUT2D eigenvalue weighted by Crippen LogP contribution is -2.45. The molecule has 0 heterocycles. The zero-order chi connectivity index (χ0) is 14.1. The molecule has 0 atom stereocenters. The first-order chi connectivity index (χ1) is 9.20. The number of nitriles is 1. The van der Waals surface area contributed by atoms with Gasteiger partial charge in [-0.1, -0.05) is 46.0 Å². The second-order valence-corrected chi connectivity index (χ2v) is 5.75. The van der Waals surface area contributed by atoms with Crippen molar-refractivity contribution in [3.8, 4) is 6.07 Å². The highest BCUT2D eigenvalue weighted by Gasteiger charge is 2.42. The van der Waals surface area contributed by atoms with E-state index < -0.39 is 5.41 Å². The third kappa shape index (κ3) is 4.23. The Bertz CT molecular complexity index is 305. The zero-order valence-corrected chi connectivity index (χ0v) is 12.6. The van der Waals surface area contributed by atoms with Crippen LogP contribution in [0.3, 0.4) is 0 Å². The van der Waals surface area contributed by atoms with E-state index in [9.17, 15) is 10.1 Å². The third-order valence-electron chi connectivity index (χ3n) is 4.18. The molecule has 0 aliphatic heterocycles. The molecule has 0 spiro atoms. The minimum Gasteiger partial charge on any atom is -0.341 e. The number of carbonyl (C=O) groups excluding carboxylic acids is 1. The molecule has 1 aliphatic rings. The lowest BCUT2D eigenvalue weighted by Gasteiger charge is -2.35. The van der Waals surface area contributed by atoms with Crippen molar-refractivity contribution >= 4 is 5.91 Å². The van der Waals surface area contributed by atoms with Gasteiger partial charge in [0.15, 0.2) is 0 Å². The molecular weight excluding hydrogens is 236 g/mol. The number of unbranched alkanes of at least 4 members (excludes halogenated alkanes) is 2. The van der Waals surface area contributed by atoms with Gasteiger partial charge in [0, 0.05) is 13.1 Å². The fourth-order valence-corrected chi connectivity index (χ4v) is 2.84. The van der Waals surface area contributed by atoms with Crippen LogP contribution >= 0.6 is 0 Å². The lowest BCUT2D eigenvalue weighted by atomic mass is 9.74. The number of amides is 1. The molecule has 0 saturated heterocycles. The van der Waals surface area contributed by atoms with Crippen LogP contribution < -0.4 is 0 Å².